The van der Waals surface area contributed by atoms with E-state index in [2.05, 4.69) is 56.8 Å². The third-order valence-electron chi connectivity index (χ3n) is 3.98. The topological polar surface area (TPSA) is 61.4 Å². The van der Waals surface area contributed by atoms with Gasteiger partial charge in [-0.15, -0.1) is 0 Å². The summed E-state index contributed by atoms with van der Waals surface area (Å²) in [7, 11) is 0. The predicted molar refractivity (Wildman–Crippen MR) is 90.7 cm³/mol. The zero-order valence-corrected chi connectivity index (χ0v) is 13.0. The van der Waals surface area contributed by atoms with E-state index in [0.717, 1.165) is 5.57 Å². The largest absolute Gasteiger partial charge is 0.214 e. The van der Waals surface area contributed by atoms with Crippen molar-refractivity contribution in [2.75, 3.05) is 0 Å². The van der Waals surface area contributed by atoms with Gasteiger partial charge in [0.25, 0.3) is 0 Å². The van der Waals surface area contributed by atoms with Gasteiger partial charge >= 0.3 is 0 Å². The highest BCUT2D eigenvalue weighted by Gasteiger charge is 2.36. The van der Waals surface area contributed by atoms with Gasteiger partial charge in [-0.05, 0) is 17.2 Å². The van der Waals surface area contributed by atoms with E-state index < -0.39 is 5.66 Å². The van der Waals surface area contributed by atoms with E-state index in [4.69, 9.17) is 0 Å². The van der Waals surface area contributed by atoms with Crippen molar-refractivity contribution in [3.63, 3.8) is 0 Å². The van der Waals surface area contributed by atoms with Gasteiger partial charge in [-0.3, -0.25) is 0 Å². The molecular weight excluding hydrogens is 300 g/mol. The Kier molecular flexibility index (Phi) is 3.63. The van der Waals surface area contributed by atoms with E-state index in [-0.39, 0.29) is 0 Å². The number of rotatable bonds is 4. The fourth-order valence-electron chi connectivity index (χ4n) is 2.72. The summed E-state index contributed by atoms with van der Waals surface area (Å²) in [5.74, 6) is 0. The van der Waals surface area contributed by atoms with Crippen molar-refractivity contribution < 1.29 is 0 Å². The molecule has 1 aromatic carbocycles. The minimum Gasteiger partial charge on any atom is -0.159 e. The first-order chi connectivity index (χ1) is 11.9. The van der Waals surface area contributed by atoms with Gasteiger partial charge in [-0.25, -0.2) is 0 Å². The molecule has 0 fully saturated rings. The molecule has 1 aliphatic rings. The highest BCUT2D eigenvalue weighted by atomic mass is 15.6. The van der Waals surface area contributed by atoms with Crippen LogP contribution in [0.15, 0.2) is 85.0 Å². The molecular formula is C18H16N6. The zero-order valence-electron chi connectivity index (χ0n) is 13.0. The maximum absolute atomic E-state index is 4.29. The van der Waals surface area contributed by atoms with Gasteiger partial charge in [0.2, 0.25) is 5.66 Å². The second-order valence-electron chi connectivity index (χ2n) is 5.50. The molecule has 0 bridgehead atoms. The molecule has 0 amide bonds. The lowest BCUT2D eigenvalue weighted by Gasteiger charge is -2.29. The normalized spacial score (nSPS) is 16.4. The Morgan fingerprint density at radius 1 is 0.833 bits per heavy atom. The maximum Gasteiger partial charge on any atom is 0.214 e. The van der Waals surface area contributed by atoms with Crippen LogP contribution in [0, 0.1) is 0 Å². The molecule has 6 heteroatoms. The van der Waals surface area contributed by atoms with Crippen molar-refractivity contribution in [3.05, 3.63) is 90.6 Å². The van der Waals surface area contributed by atoms with Crippen molar-refractivity contribution in [1.82, 2.24) is 30.0 Å². The molecule has 0 aliphatic heterocycles. The Bertz CT molecular complexity index is 839. The highest BCUT2D eigenvalue weighted by molar-refractivity contribution is 5.55. The Hall–Kier alpha value is -3.28. The van der Waals surface area contributed by atoms with E-state index in [1.165, 1.54) is 5.56 Å². The molecule has 0 saturated heterocycles. The fourth-order valence-corrected chi connectivity index (χ4v) is 2.72. The lowest BCUT2D eigenvalue weighted by Crippen LogP contribution is -2.43. The van der Waals surface area contributed by atoms with Gasteiger partial charge in [0.05, 0.1) is 24.8 Å². The molecule has 2 aromatic heterocycles. The minimum atomic E-state index is -0.642. The second kappa shape index (κ2) is 6.08. The lowest BCUT2D eigenvalue weighted by atomic mass is 9.97. The van der Waals surface area contributed by atoms with E-state index in [1.54, 1.807) is 34.4 Å². The summed E-state index contributed by atoms with van der Waals surface area (Å²) in [4.78, 5) is 3.27. The molecule has 0 radical (unpaired) electrons. The van der Waals surface area contributed by atoms with Crippen molar-refractivity contribution in [3.8, 4) is 0 Å². The number of hydrogen-bond donors (Lipinski definition) is 0. The maximum atomic E-state index is 4.29. The molecule has 6 nitrogen and oxygen atoms in total. The Labute approximate surface area is 139 Å². The molecule has 0 unspecified atom stereocenters. The fraction of sp³-hybridized carbons (Fsp3) is 0.111. The Balaban J connectivity index is 1.62. The van der Waals surface area contributed by atoms with Crippen LogP contribution in [0.4, 0.5) is 0 Å². The van der Waals surface area contributed by atoms with Crippen LogP contribution in [-0.4, -0.2) is 30.0 Å². The first-order valence-electron chi connectivity index (χ1n) is 7.73. The first-order valence-corrected chi connectivity index (χ1v) is 7.73. The third-order valence-corrected chi connectivity index (χ3v) is 3.98. The van der Waals surface area contributed by atoms with E-state index in [1.807, 2.05) is 24.3 Å². The summed E-state index contributed by atoms with van der Waals surface area (Å²) in [5, 5.41) is 17.2. The predicted octanol–water partition coefficient (Wildman–Crippen LogP) is 2.67. The van der Waals surface area contributed by atoms with Crippen LogP contribution in [0.3, 0.4) is 0 Å². The van der Waals surface area contributed by atoms with Crippen molar-refractivity contribution in [1.29, 1.82) is 0 Å². The average molecular weight is 316 g/mol. The summed E-state index contributed by atoms with van der Waals surface area (Å²) in [5.41, 5.74) is 1.66. The first kappa shape index (κ1) is 14.3. The molecule has 0 saturated carbocycles. The van der Waals surface area contributed by atoms with Crippen molar-refractivity contribution in [2.24, 2.45) is 0 Å². The molecule has 2 heterocycles. The van der Waals surface area contributed by atoms with E-state index in [9.17, 15) is 0 Å². The molecule has 1 aliphatic carbocycles. The van der Waals surface area contributed by atoms with Gasteiger partial charge in [0, 0.05) is 6.42 Å². The number of hydrogen-bond acceptors (Lipinski definition) is 4. The molecule has 118 valence electrons. The summed E-state index contributed by atoms with van der Waals surface area (Å²) in [6, 6.07) is 10.2. The van der Waals surface area contributed by atoms with Gasteiger partial charge < -0.3 is 0 Å². The van der Waals surface area contributed by atoms with Crippen molar-refractivity contribution in [2.45, 2.75) is 12.1 Å². The number of benzene rings is 1. The molecule has 4 rings (SSSR count). The Morgan fingerprint density at radius 2 is 1.46 bits per heavy atom. The summed E-state index contributed by atoms with van der Waals surface area (Å²) in [6.45, 7) is 0. The van der Waals surface area contributed by atoms with Crippen LogP contribution in [0.2, 0.25) is 0 Å². The van der Waals surface area contributed by atoms with Crippen LogP contribution in [0.1, 0.15) is 12.0 Å². The average Bonchev–Trinajstić information content (AvgIpc) is 3.35. The summed E-state index contributed by atoms with van der Waals surface area (Å²) < 4.78 is 0. The quantitative estimate of drug-likeness (QED) is 0.742. The summed E-state index contributed by atoms with van der Waals surface area (Å²) in [6.07, 6.45) is 17.7. The van der Waals surface area contributed by atoms with Crippen molar-refractivity contribution >= 4 is 6.08 Å². The minimum absolute atomic E-state index is 0.642. The van der Waals surface area contributed by atoms with Crippen LogP contribution >= 0.6 is 0 Å². The number of aromatic nitrogens is 6. The molecule has 0 N–H and O–H groups in total. The Morgan fingerprint density at radius 3 is 2.00 bits per heavy atom. The molecule has 3 aromatic rings. The smallest absolute Gasteiger partial charge is 0.159 e. The van der Waals surface area contributed by atoms with Crippen LogP contribution < -0.4 is 0 Å². The molecule has 0 atom stereocenters. The summed E-state index contributed by atoms with van der Waals surface area (Å²) >= 11 is 0. The highest BCUT2D eigenvalue weighted by Crippen LogP contribution is 2.28. The lowest BCUT2D eigenvalue weighted by molar-refractivity contribution is 0.195. The third kappa shape index (κ3) is 2.58. The van der Waals surface area contributed by atoms with Crippen LogP contribution in [-0.2, 0) is 5.66 Å². The standard InChI is InChI=1S/C18H16N6/c1-2-4-16(5-3-1)6-7-17-8-10-18(11-9-17,23-19-12-13-20-23)24-21-14-15-22-24/h1-10,12-15H,11H2. The second-order valence-corrected chi connectivity index (χ2v) is 5.50. The van der Waals surface area contributed by atoms with Gasteiger partial charge in [0.1, 0.15) is 0 Å². The van der Waals surface area contributed by atoms with Crippen LogP contribution in [0.25, 0.3) is 6.08 Å². The molecule has 24 heavy (non-hydrogen) atoms. The van der Waals surface area contributed by atoms with Gasteiger partial charge in [0.15, 0.2) is 0 Å². The monoisotopic (exact) mass is 316 g/mol. The SMILES string of the molecule is C(=Cc1ccccc1)C1=CCC(n2nccn2)(n2nccn2)C=C1. The van der Waals surface area contributed by atoms with E-state index in [0.29, 0.717) is 6.42 Å². The number of allylic oxidation sites excluding steroid dienone is 5. The number of nitrogens with zero attached hydrogens (tertiary/aromatic N) is 6. The van der Waals surface area contributed by atoms with Gasteiger partial charge in [-0.2, -0.15) is 30.0 Å². The molecule has 0 spiro atoms. The van der Waals surface area contributed by atoms with E-state index >= 15 is 0 Å². The zero-order chi connectivity index (χ0) is 16.2. The van der Waals surface area contributed by atoms with Crippen LogP contribution in [0.5, 0.6) is 0 Å². The van der Waals surface area contributed by atoms with Gasteiger partial charge in [-0.1, -0.05) is 54.6 Å².